The van der Waals surface area contributed by atoms with Gasteiger partial charge >= 0.3 is 0 Å². The summed E-state index contributed by atoms with van der Waals surface area (Å²) in [5, 5.41) is 20.7. The minimum atomic E-state index is -0.849. The first kappa shape index (κ1) is 16.1. The highest BCUT2D eigenvalue weighted by atomic mass is 16.3. The summed E-state index contributed by atoms with van der Waals surface area (Å²) in [5.74, 6) is 1.79. The molecule has 23 heavy (non-hydrogen) atoms. The molecule has 0 aromatic heterocycles. The number of aliphatic hydroxyl groups is 2. The third-order valence-corrected chi connectivity index (χ3v) is 8.95. The van der Waals surface area contributed by atoms with Crippen LogP contribution in [0.15, 0.2) is 0 Å². The maximum atomic E-state index is 12.5. The molecule has 5 saturated carbocycles. The molecule has 3 nitrogen and oxygen atoms in total. The summed E-state index contributed by atoms with van der Waals surface area (Å²) in [5.41, 5.74) is -0.615. The van der Waals surface area contributed by atoms with Crippen molar-refractivity contribution in [1.82, 2.24) is 0 Å². The van der Waals surface area contributed by atoms with Crippen molar-refractivity contribution < 1.29 is 15.0 Å². The van der Waals surface area contributed by atoms with E-state index in [1.54, 1.807) is 0 Å². The maximum Gasteiger partial charge on any atom is 0.138 e. The van der Waals surface area contributed by atoms with Crippen molar-refractivity contribution in [2.24, 2.45) is 34.0 Å². The molecule has 3 heteroatoms. The molecule has 0 heterocycles. The van der Waals surface area contributed by atoms with Gasteiger partial charge in [-0.2, -0.15) is 0 Å². The lowest BCUT2D eigenvalue weighted by Crippen LogP contribution is -2.66. The van der Waals surface area contributed by atoms with E-state index in [4.69, 9.17) is 0 Å². The molecule has 5 rings (SSSR count). The van der Waals surface area contributed by atoms with E-state index in [9.17, 15) is 15.0 Å². The normalized spacial score (nSPS) is 54.5. The monoisotopic (exact) mass is 320 g/mol. The fourth-order valence-corrected chi connectivity index (χ4v) is 7.72. The molecule has 0 aromatic carbocycles. The smallest absolute Gasteiger partial charge is 0.138 e. The molecule has 6 atom stereocenters. The van der Waals surface area contributed by atoms with Gasteiger partial charge in [0.2, 0.25) is 0 Å². The van der Waals surface area contributed by atoms with Gasteiger partial charge in [0.15, 0.2) is 0 Å². The van der Waals surface area contributed by atoms with Crippen LogP contribution in [-0.2, 0) is 4.79 Å². The summed E-state index contributed by atoms with van der Waals surface area (Å²) in [4.78, 5) is 12.5. The Morgan fingerprint density at radius 3 is 2.48 bits per heavy atom. The first-order chi connectivity index (χ1) is 10.7. The van der Waals surface area contributed by atoms with E-state index < -0.39 is 5.60 Å². The number of carbonyl (C=O) groups is 1. The molecular formula is C20H32O3. The van der Waals surface area contributed by atoms with Crippen LogP contribution >= 0.6 is 0 Å². The second-order valence-electron chi connectivity index (χ2n) is 10.1. The second kappa shape index (κ2) is 4.60. The van der Waals surface area contributed by atoms with Crippen LogP contribution < -0.4 is 0 Å². The van der Waals surface area contributed by atoms with Crippen molar-refractivity contribution in [3.8, 4) is 0 Å². The fourth-order valence-electron chi connectivity index (χ4n) is 7.72. The minimum absolute atomic E-state index is 0.0870. The standard InChI is InChI=1S/C20H32O3/c1-17(2)14-5-9-19-8-4-13(20(23,11-19)12-21)10-15(19)18(14,3)7-6-16(17)22/h13-15,21,23H,4-12H2,1-3H3/t13-,14+,15+,18+,19+,20+/m0/s1. The largest absolute Gasteiger partial charge is 0.393 e. The zero-order valence-corrected chi connectivity index (χ0v) is 14.9. The first-order valence-corrected chi connectivity index (χ1v) is 9.55. The van der Waals surface area contributed by atoms with Gasteiger partial charge in [-0.15, -0.1) is 0 Å². The highest BCUT2D eigenvalue weighted by Gasteiger charge is 2.67. The Morgan fingerprint density at radius 1 is 1.09 bits per heavy atom. The summed E-state index contributed by atoms with van der Waals surface area (Å²) in [6.07, 6.45) is 8.09. The van der Waals surface area contributed by atoms with Crippen molar-refractivity contribution in [1.29, 1.82) is 0 Å². The molecule has 0 aliphatic heterocycles. The van der Waals surface area contributed by atoms with Crippen molar-refractivity contribution >= 4 is 5.78 Å². The predicted molar refractivity (Wildman–Crippen MR) is 88.8 cm³/mol. The average Bonchev–Trinajstić information content (AvgIpc) is 2.51. The van der Waals surface area contributed by atoms with E-state index in [0.29, 0.717) is 17.6 Å². The van der Waals surface area contributed by atoms with Gasteiger partial charge in [-0.3, -0.25) is 4.79 Å². The lowest BCUT2D eigenvalue weighted by Gasteiger charge is -2.69. The van der Waals surface area contributed by atoms with E-state index in [1.165, 1.54) is 6.42 Å². The van der Waals surface area contributed by atoms with Gasteiger partial charge in [-0.1, -0.05) is 20.8 Å². The van der Waals surface area contributed by atoms with Crippen LogP contribution in [0.3, 0.4) is 0 Å². The lowest BCUT2D eigenvalue weighted by molar-refractivity contribution is -0.240. The van der Waals surface area contributed by atoms with E-state index in [1.807, 2.05) is 0 Å². The van der Waals surface area contributed by atoms with Gasteiger partial charge in [0.05, 0.1) is 12.2 Å². The van der Waals surface area contributed by atoms with Gasteiger partial charge in [0, 0.05) is 11.8 Å². The lowest BCUT2D eigenvalue weighted by atomic mass is 9.36. The number of rotatable bonds is 1. The molecule has 5 aliphatic rings. The summed E-state index contributed by atoms with van der Waals surface area (Å²) in [6, 6.07) is 0. The number of carbonyl (C=O) groups excluding carboxylic acids is 1. The third kappa shape index (κ3) is 1.87. The van der Waals surface area contributed by atoms with Crippen molar-refractivity contribution in [2.45, 2.75) is 77.7 Å². The molecule has 0 amide bonds. The molecule has 2 bridgehead atoms. The summed E-state index contributed by atoms with van der Waals surface area (Å²) in [6.45, 7) is 6.69. The van der Waals surface area contributed by atoms with Crippen LogP contribution in [0.5, 0.6) is 0 Å². The molecule has 5 aliphatic carbocycles. The van der Waals surface area contributed by atoms with Crippen LogP contribution in [-0.4, -0.2) is 28.2 Å². The van der Waals surface area contributed by atoms with Crippen LogP contribution in [0, 0.1) is 34.0 Å². The van der Waals surface area contributed by atoms with Crippen LogP contribution in [0.1, 0.15) is 72.1 Å². The number of hydrogen-bond acceptors (Lipinski definition) is 3. The SMILES string of the molecule is CC1(C)C(=O)CC[C@]2(C)[C@@H]1CC[C@@]13CC[C@@H](C[C@@H]12)[C@](O)(CO)C3. The Hall–Kier alpha value is -0.410. The Kier molecular flexibility index (Phi) is 3.22. The summed E-state index contributed by atoms with van der Waals surface area (Å²) in [7, 11) is 0. The molecule has 0 radical (unpaired) electrons. The molecular weight excluding hydrogens is 288 g/mol. The number of aliphatic hydroxyl groups excluding tert-OH is 1. The second-order valence-corrected chi connectivity index (χ2v) is 10.1. The highest BCUT2D eigenvalue weighted by molar-refractivity contribution is 5.85. The fraction of sp³-hybridized carbons (Fsp3) is 0.950. The van der Waals surface area contributed by atoms with Crippen LogP contribution in [0.4, 0.5) is 0 Å². The topological polar surface area (TPSA) is 57.5 Å². The average molecular weight is 320 g/mol. The third-order valence-electron chi connectivity index (χ3n) is 8.95. The number of Topliss-reactive ketones (excluding diaryl/α,β-unsaturated/α-hetero) is 1. The molecule has 0 unspecified atom stereocenters. The number of fused-ring (bicyclic) bond motifs is 3. The Bertz CT molecular complexity index is 541. The van der Waals surface area contributed by atoms with Gasteiger partial charge in [-0.05, 0) is 73.5 Å². The van der Waals surface area contributed by atoms with Crippen LogP contribution in [0.2, 0.25) is 0 Å². The van der Waals surface area contributed by atoms with E-state index in [2.05, 4.69) is 20.8 Å². The van der Waals surface area contributed by atoms with Gasteiger partial charge in [0.1, 0.15) is 5.78 Å². The summed E-state index contributed by atoms with van der Waals surface area (Å²) < 4.78 is 0. The minimum Gasteiger partial charge on any atom is -0.393 e. The highest BCUT2D eigenvalue weighted by Crippen LogP contribution is 2.72. The quantitative estimate of drug-likeness (QED) is 0.779. The number of hydrogen-bond donors (Lipinski definition) is 2. The molecule has 0 aromatic rings. The van der Waals surface area contributed by atoms with Gasteiger partial charge in [-0.25, -0.2) is 0 Å². The Morgan fingerprint density at radius 2 is 1.78 bits per heavy atom. The predicted octanol–water partition coefficient (Wildman–Crippen LogP) is 3.32. The van der Waals surface area contributed by atoms with E-state index in [0.717, 1.165) is 44.9 Å². The number of ketones is 1. The first-order valence-electron chi connectivity index (χ1n) is 9.55. The molecule has 1 spiro atoms. The molecule has 130 valence electrons. The Labute approximate surface area is 139 Å². The van der Waals surface area contributed by atoms with Crippen molar-refractivity contribution in [2.75, 3.05) is 6.61 Å². The zero-order chi connectivity index (χ0) is 16.7. The van der Waals surface area contributed by atoms with Gasteiger partial charge in [0.25, 0.3) is 0 Å². The molecule has 5 fully saturated rings. The van der Waals surface area contributed by atoms with E-state index in [-0.39, 0.29) is 28.8 Å². The molecule has 0 saturated heterocycles. The van der Waals surface area contributed by atoms with Crippen molar-refractivity contribution in [3.05, 3.63) is 0 Å². The van der Waals surface area contributed by atoms with Gasteiger partial charge < -0.3 is 10.2 Å². The Balaban J connectivity index is 1.73. The zero-order valence-electron chi connectivity index (χ0n) is 14.9. The van der Waals surface area contributed by atoms with Crippen LogP contribution in [0.25, 0.3) is 0 Å². The maximum absolute atomic E-state index is 12.5. The van der Waals surface area contributed by atoms with Crippen molar-refractivity contribution in [3.63, 3.8) is 0 Å². The molecule has 2 N–H and O–H groups in total. The van der Waals surface area contributed by atoms with E-state index >= 15 is 0 Å². The summed E-state index contributed by atoms with van der Waals surface area (Å²) >= 11 is 0.